The summed E-state index contributed by atoms with van der Waals surface area (Å²) in [5.41, 5.74) is 14.6. The van der Waals surface area contributed by atoms with Crippen LogP contribution in [0.5, 0.6) is 0 Å². The number of benzene rings is 10. The Morgan fingerprint density at radius 2 is 0.955 bits per heavy atom. The molecule has 1 atom stereocenters. The molecule has 5 heteroatoms. The third-order valence-corrected chi connectivity index (χ3v) is 13.9. The molecule has 13 aromatic rings. The Morgan fingerprint density at radius 3 is 1.79 bits per heavy atom. The summed E-state index contributed by atoms with van der Waals surface area (Å²) in [6, 6.07) is 73.3. The number of aromatic nitrogens is 3. The average molecular weight is 858 g/mol. The summed E-state index contributed by atoms with van der Waals surface area (Å²) < 4.78 is 13.4. The molecular formula is C62H39N3O2. The van der Waals surface area contributed by atoms with Gasteiger partial charge in [0, 0.05) is 44.2 Å². The van der Waals surface area contributed by atoms with E-state index >= 15 is 0 Å². The molecule has 14 rings (SSSR count). The Bertz CT molecular complexity index is 4110. The second kappa shape index (κ2) is 14.9. The van der Waals surface area contributed by atoms with Crippen LogP contribution in [-0.2, 0) is 6.42 Å². The highest BCUT2D eigenvalue weighted by atomic mass is 16.3. The molecule has 3 aromatic heterocycles. The van der Waals surface area contributed by atoms with Crippen LogP contribution in [0.3, 0.4) is 0 Å². The summed E-state index contributed by atoms with van der Waals surface area (Å²) >= 11 is 0. The molecule has 314 valence electrons. The number of fused-ring (bicyclic) bond motifs is 11. The van der Waals surface area contributed by atoms with Gasteiger partial charge < -0.3 is 8.83 Å². The van der Waals surface area contributed by atoms with E-state index in [0.29, 0.717) is 17.5 Å². The SMILES string of the molecule is c1ccc(-c2ccc(-c3nc(-c4cccc5oc6ccccc6c45)nc(-c4cc(C5CCc6cc7ccccc7cc6-c6ccccc65)cc5oc6cc7ccccc7cc6c45)n3)cc2)cc1. The summed E-state index contributed by atoms with van der Waals surface area (Å²) in [6.45, 7) is 0. The van der Waals surface area contributed by atoms with Crippen molar-refractivity contribution in [2.45, 2.75) is 18.8 Å². The van der Waals surface area contributed by atoms with Crippen molar-refractivity contribution < 1.29 is 8.83 Å². The van der Waals surface area contributed by atoms with Crippen molar-refractivity contribution in [1.29, 1.82) is 0 Å². The van der Waals surface area contributed by atoms with Gasteiger partial charge in [-0.25, -0.2) is 15.0 Å². The van der Waals surface area contributed by atoms with Crippen LogP contribution < -0.4 is 0 Å². The molecule has 10 aromatic carbocycles. The molecule has 1 unspecified atom stereocenters. The number of furan rings is 2. The Balaban J connectivity index is 1.03. The number of rotatable bonds is 5. The molecule has 5 nitrogen and oxygen atoms in total. The molecule has 0 amide bonds. The lowest BCUT2D eigenvalue weighted by Gasteiger charge is -2.20. The molecule has 67 heavy (non-hydrogen) atoms. The summed E-state index contributed by atoms with van der Waals surface area (Å²) in [5, 5.41) is 8.79. The smallest absolute Gasteiger partial charge is 0.164 e. The van der Waals surface area contributed by atoms with Gasteiger partial charge in [-0.3, -0.25) is 0 Å². The zero-order valence-electron chi connectivity index (χ0n) is 36.3. The molecule has 0 saturated heterocycles. The zero-order chi connectivity index (χ0) is 44.0. The molecule has 1 aliphatic rings. The summed E-state index contributed by atoms with van der Waals surface area (Å²) in [5.74, 6) is 1.81. The highest BCUT2D eigenvalue weighted by Gasteiger charge is 2.28. The molecular weight excluding hydrogens is 819 g/mol. The normalized spacial score (nSPS) is 13.7. The first kappa shape index (κ1) is 37.7. The number of hydrogen-bond acceptors (Lipinski definition) is 5. The van der Waals surface area contributed by atoms with Gasteiger partial charge in [0.15, 0.2) is 17.5 Å². The Kier molecular flexibility index (Phi) is 8.40. The van der Waals surface area contributed by atoms with Gasteiger partial charge in [0.05, 0.1) is 0 Å². The first-order valence-electron chi connectivity index (χ1n) is 23.0. The van der Waals surface area contributed by atoms with E-state index in [-0.39, 0.29) is 5.92 Å². The lowest BCUT2D eigenvalue weighted by Crippen LogP contribution is -2.04. The quantitative estimate of drug-likeness (QED) is 0.172. The van der Waals surface area contributed by atoms with Crippen molar-refractivity contribution in [2.24, 2.45) is 0 Å². The maximum Gasteiger partial charge on any atom is 0.164 e. The van der Waals surface area contributed by atoms with Crippen LogP contribution in [0.15, 0.2) is 215 Å². The fourth-order valence-electron chi connectivity index (χ4n) is 10.7. The van der Waals surface area contributed by atoms with E-state index in [1.165, 1.54) is 33.0 Å². The second-order valence-electron chi connectivity index (χ2n) is 17.8. The molecule has 1 aliphatic carbocycles. The highest BCUT2D eigenvalue weighted by Crippen LogP contribution is 2.47. The van der Waals surface area contributed by atoms with Gasteiger partial charge in [0.1, 0.15) is 22.3 Å². The van der Waals surface area contributed by atoms with Crippen LogP contribution in [0, 0.1) is 0 Å². The van der Waals surface area contributed by atoms with Gasteiger partial charge in [-0.15, -0.1) is 0 Å². The number of aryl methyl sites for hydroxylation is 1. The van der Waals surface area contributed by atoms with Crippen LogP contribution in [-0.4, -0.2) is 15.0 Å². The largest absolute Gasteiger partial charge is 0.456 e. The van der Waals surface area contributed by atoms with Crippen molar-refractivity contribution in [3.05, 3.63) is 223 Å². The third-order valence-electron chi connectivity index (χ3n) is 13.9. The summed E-state index contributed by atoms with van der Waals surface area (Å²) in [4.78, 5) is 16.3. The fraction of sp³-hybridized carbons (Fsp3) is 0.0484. The lowest BCUT2D eigenvalue weighted by atomic mass is 9.84. The van der Waals surface area contributed by atoms with Crippen molar-refractivity contribution >= 4 is 65.4 Å². The molecule has 0 fully saturated rings. The average Bonchev–Trinajstić information content (AvgIpc) is 3.90. The van der Waals surface area contributed by atoms with E-state index in [9.17, 15) is 0 Å². The van der Waals surface area contributed by atoms with Crippen LogP contribution in [0.2, 0.25) is 0 Å². The molecule has 0 N–H and O–H groups in total. The van der Waals surface area contributed by atoms with Gasteiger partial charge in [-0.2, -0.15) is 0 Å². The number of hydrogen-bond donors (Lipinski definition) is 0. The van der Waals surface area contributed by atoms with Gasteiger partial charge in [0.2, 0.25) is 0 Å². The number of nitrogens with zero attached hydrogens (tertiary/aromatic N) is 3. The lowest BCUT2D eigenvalue weighted by molar-refractivity contribution is 0.665. The predicted molar refractivity (Wildman–Crippen MR) is 273 cm³/mol. The Morgan fingerprint density at radius 1 is 0.358 bits per heavy atom. The predicted octanol–water partition coefficient (Wildman–Crippen LogP) is 16.4. The standard InChI is InChI=1S/C62H39N3O2/c1-2-13-37(14-3-1)38-25-27-39(28-26-38)60-63-61(50-22-12-24-55-58(50)49-21-10-11-23-54(49)66-55)65-62(64-60)53-34-45(36-57-59(53)52-33-42-17-6-7-18-43(42)35-56(52)67-57)46-30-29-44-31-40-15-4-5-16-41(40)32-51(44)48-20-9-8-19-47(46)48/h1-28,31-36,46H,29-30H2. The first-order valence-corrected chi connectivity index (χ1v) is 23.0. The molecule has 0 spiro atoms. The van der Waals surface area contributed by atoms with Crippen LogP contribution in [0.1, 0.15) is 29.0 Å². The van der Waals surface area contributed by atoms with Crippen molar-refractivity contribution in [3.8, 4) is 56.4 Å². The van der Waals surface area contributed by atoms with Gasteiger partial charge in [-0.05, 0) is 116 Å². The van der Waals surface area contributed by atoms with Crippen molar-refractivity contribution in [2.75, 3.05) is 0 Å². The van der Waals surface area contributed by atoms with Gasteiger partial charge in [-0.1, -0.05) is 164 Å². The van der Waals surface area contributed by atoms with Crippen molar-refractivity contribution in [1.82, 2.24) is 15.0 Å². The van der Waals surface area contributed by atoms with E-state index in [0.717, 1.165) is 101 Å². The number of para-hydroxylation sites is 1. The minimum absolute atomic E-state index is 0.0690. The Labute approximate surface area is 385 Å². The minimum Gasteiger partial charge on any atom is -0.456 e. The van der Waals surface area contributed by atoms with Gasteiger partial charge in [0.25, 0.3) is 0 Å². The van der Waals surface area contributed by atoms with Crippen LogP contribution in [0.4, 0.5) is 0 Å². The summed E-state index contributed by atoms with van der Waals surface area (Å²) in [6.07, 6.45) is 1.86. The van der Waals surface area contributed by atoms with E-state index in [4.69, 9.17) is 23.8 Å². The van der Waals surface area contributed by atoms with Gasteiger partial charge >= 0.3 is 0 Å². The van der Waals surface area contributed by atoms with Crippen LogP contribution in [0.25, 0.3) is 122 Å². The van der Waals surface area contributed by atoms with Crippen molar-refractivity contribution in [3.63, 3.8) is 0 Å². The highest BCUT2D eigenvalue weighted by molar-refractivity contribution is 6.16. The first-order chi connectivity index (χ1) is 33.2. The maximum absolute atomic E-state index is 6.98. The van der Waals surface area contributed by atoms with E-state index in [1.54, 1.807) is 0 Å². The van der Waals surface area contributed by atoms with Crippen LogP contribution >= 0.6 is 0 Å². The third kappa shape index (κ3) is 6.19. The monoisotopic (exact) mass is 857 g/mol. The maximum atomic E-state index is 6.98. The summed E-state index contributed by atoms with van der Waals surface area (Å²) in [7, 11) is 0. The minimum atomic E-state index is 0.0690. The van der Waals surface area contributed by atoms with E-state index in [2.05, 4.69) is 176 Å². The van der Waals surface area contributed by atoms with E-state index in [1.807, 2.05) is 30.3 Å². The zero-order valence-corrected chi connectivity index (χ0v) is 36.3. The Hall–Kier alpha value is -8.67. The molecule has 0 saturated carbocycles. The molecule has 0 aliphatic heterocycles. The topological polar surface area (TPSA) is 65.0 Å². The molecule has 0 bridgehead atoms. The molecule has 0 radical (unpaired) electrons. The second-order valence-corrected chi connectivity index (χ2v) is 17.8. The van der Waals surface area contributed by atoms with E-state index < -0.39 is 0 Å². The molecule has 3 heterocycles. The fourth-order valence-corrected chi connectivity index (χ4v) is 10.7.